The van der Waals surface area contributed by atoms with Gasteiger partial charge in [-0.3, -0.25) is 29.8 Å². The Balaban J connectivity index is 1.69. The normalized spacial score (nSPS) is 12.2. The van der Waals surface area contributed by atoms with Gasteiger partial charge < -0.3 is 14.5 Å². The van der Waals surface area contributed by atoms with Crippen LogP contribution in [-0.4, -0.2) is 27.4 Å². The number of aromatic amines is 1. The number of nitro groups is 2. The molecule has 4 aromatic rings. The molecule has 0 amide bonds. The van der Waals surface area contributed by atoms with Crippen molar-refractivity contribution in [3.63, 3.8) is 0 Å². The number of pyridine rings is 1. The Bertz CT molecular complexity index is 1660. The molecule has 2 heterocycles. The number of ether oxygens (including phenoxy) is 2. The fourth-order valence-electron chi connectivity index (χ4n) is 4.02. The van der Waals surface area contributed by atoms with Gasteiger partial charge in [0.2, 0.25) is 6.79 Å². The summed E-state index contributed by atoms with van der Waals surface area (Å²) in [5, 5.41) is 23.2. The van der Waals surface area contributed by atoms with Gasteiger partial charge in [0.15, 0.2) is 17.3 Å². The minimum atomic E-state index is -0.740. The Morgan fingerprint density at radius 3 is 2.36 bits per heavy atom. The quantitative estimate of drug-likeness (QED) is 0.179. The molecule has 1 N–H and O–H groups in total. The third kappa shape index (κ3) is 3.94. The summed E-state index contributed by atoms with van der Waals surface area (Å²) in [6.07, 6.45) is 2.26. The Morgan fingerprint density at radius 1 is 0.944 bits per heavy atom. The number of hydrogen-bond donors (Lipinski definition) is 1. The highest BCUT2D eigenvalue weighted by Crippen LogP contribution is 2.38. The van der Waals surface area contributed by atoms with E-state index in [1.165, 1.54) is 36.4 Å². The molecule has 0 atom stereocenters. The van der Waals surface area contributed by atoms with Gasteiger partial charge in [-0.2, -0.15) is 0 Å². The van der Waals surface area contributed by atoms with Crippen molar-refractivity contribution in [3.8, 4) is 22.6 Å². The number of nitrogens with zero attached hydrogens (tertiary/aromatic N) is 2. The average molecular weight is 485 g/mol. The zero-order valence-electron chi connectivity index (χ0n) is 18.3. The zero-order chi connectivity index (χ0) is 25.4. The standard InChI is InChI=1S/C25H15N3O8/c29-20(9-6-15-10-21-22(36-13-35-21)12-19(15)28(33)34)24-23(14-4-2-1-3-5-14)17-11-16(27(31)32)7-8-18(17)26-25(24)30/h1-12H,13H2,(H,26,30)/b9-6+. The smallest absolute Gasteiger partial charge is 0.280 e. The summed E-state index contributed by atoms with van der Waals surface area (Å²) in [4.78, 5) is 50.7. The highest BCUT2D eigenvalue weighted by Gasteiger charge is 2.24. The van der Waals surface area contributed by atoms with Gasteiger partial charge in [-0.25, -0.2) is 0 Å². The Morgan fingerprint density at radius 2 is 1.67 bits per heavy atom. The first-order valence-electron chi connectivity index (χ1n) is 10.5. The van der Waals surface area contributed by atoms with E-state index in [2.05, 4.69) is 4.98 Å². The first-order valence-corrected chi connectivity index (χ1v) is 10.5. The molecule has 36 heavy (non-hydrogen) atoms. The molecule has 0 radical (unpaired) electrons. The lowest BCUT2D eigenvalue weighted by atomic mass is 9.93. The van der Waals surface area contributed by atoms with Crippen LogP contribution in [0.1, 0.15) is 15.9 Å². The van der Waals surface area contributed by atoms with Crippen molar-refractivity contribution < 1.29 is 24.1 Å². The van der Waals surface area contributed by atoms with Gasteiger partial charge in [0.05, 0.1) is 27.0 Å². The van der Waals surface area contributed by atoms with Crippen molar-refractivity contribution in [1.82, 2.24) is 4.98 Å². The molecule has 5 rings (SSSR count). The van der Waals surface area contributed by atoms with E-state index in [9.17, 15) is 29.8 Å². The van der Waals surface area contributed by atoms with Crippen LogP contribution < -0.4 is 15.0 Å². The first kappa shape index (κ1) is 22.5. The fraction of sp³-hybridized carbons (Fsp3) is 0.0400. The summed E-state index contributed by atoms with van der Waals surface area (Å²) in [6, 6.07) is 15.0. The predicted octanol–water partition coefficient (Wildman–Crippen LogP) is 4.64. The lowest BCUT2D eigenvalue weighted by Crippen LogP contribution is -2.18. The highest BCUT2D eigenvalue weighted by molar-refractivity contribution is 6.15. The van der Waals surface area contributed by atoms with E-state index in [0.29, 0.717) is 16.5 Å². The molecule has 1 aromatic heterocycles. The average Bonchev–Trinajstić information content (AvgIpc) is 3.33. The number of H-pyrrole nitrogens is 1. The molecule has 11 nitrogen and oxygen atoms in total. The summed E-state index contributed by atoms with van der Waals surface area (Å²) in [7, 11) is 0. The summed E-state index contributed by atoms with van der Waals surface area (Å²) in [5.41, 5.74) is -0.374. The van der Waals surface area contributed by atoms with Crippen molar-refractivity contribution in [1.29, 1.82) is 0 Å². The second kappa shape index (κ2) is 8.80. The van der Waals surface area contributed by atoms with Crippen LogP contribution in [0.3, 0.4) is 0 Å². The van der Waals surface area contributed by atoms with Crippen LogP contribution in [0.4, 0.5) is 11.4 Å². The van der Waals surface area contributed by atoms with Gasteiger partial charge in [0, 0.05) is 28.6 Å². The fourth-order valence-corrected chi connectivity index (χ4v) is 4.02. The molecule has 0 saturated heterocycles. The minimum Gasteiger partial charge on any atom is -0.454 e. The lowest BCUT2D eigenvalue weighted by Gasteiger charge is -2.11. The molecule has 1 aliphatic heterocycles. The molecule has 0 fully saturated rings. The van der Waals surface area contributed by atoms with Crippen LogP contribution >= 0.6 is 0 Å². The van der Waals surface area contributed by atoms with Crippen LogP contribution in [0, 0.1) is 20.2 Å². The van der Waals surface area contributed by atoms with E-state index in [0.717, 1.165) is 6.08 Å². The maximum atomic E-state index is 13.3. The third-order valence-corrected chi connectivity index (χ3v) is 5.65. The van der Waals surface area contributed by atoms with E-state index in [4.69, 9.17) is 9.47 Å². The molecule has 178 valence electrons. The predicted molar refractivity (Wildman–Crippen MR) is 129 cm³/mol. The number of carbonyl (C=O) groups excluding carboxylic acids is 1. The first-order chi connectivity index (χ1) is 17.3. The minimum absolute atomic E-state index is 0.0757. The summed E-state index contributed by atoms with van der Waals surface area (Å²) < 4.78 is 10.4. The molecule has 1 aliphatic rings. The molecule has 0 aliphatic carbocycles. The van der Waals surface area contributed by atoms with Gasteiger partial charge >= 0.3 is 0 Å². The Kier molecular flexibility index (Phi) is 5.49. The van der Waals surface area contributed by atoms with Crippen molar-refractivity contribution >= 4 is 34.1 Å². The maximum Gasteiger partial charge on any atom is 0.280 e. The van der Waals surface area contributed by atoms with Crippen molar-refractivity contribution in [3.05, 3.63) is 108 Å². The summed E-state index contributed by atoms with van der Waals surface area (Å²) in [6.45, 7) is -0.0857. The number of hydrogen-bond acceptors (Lipinski definition) is 8. The number of rotatable bonds is 6. The molecule has 11 heteroatoms. The Labute approximate surface area is 201 Å². The van der Waals surface area contributed by atoms with E-state index < -0.39 is 21.2 Å². The summed E-state index contributed by atoms with van der Waals surface area (Å²) in [5.74, 6) is -0.242. The second-order valence-corrected chi connectivity index (χ2v) is 7.78. The number of nitrogens with one attached hydrogen (secondary N) is 1. The van der Waals surface area contributed by atoms with Crippen LogP contribution in [0.15, 0.2) is 71.5 Å². The van der Waals surface area contributed by atoms with Gasteiger partial charge in [-0.05, 0) is 29.8 Å². The Hall–Kier alpha value is -5.32. The molecule has 0 bridgehead atoms. The molecular formula is C25H15N3O8. The van der Waals surface area contributed by atoms with Crippen LogP contribution in [0.5, 0.6) is 11.5 Å². The largest absolute Gasteiger partial charge is 0.454 e. The summed E-state index contributed by atoms with van der Waals surface area (Å²) >= 11 is 0. The molecule has 0 spiro atoms. The van der Waals surface area contributed by atoms with Gasteiger partial charge in [0.1, 0.15) is 0 Å². The monoisotopic (exact) mass is 485 g/mol. The van der Waals surface area contributed by atoms with E-state index in [-0.39, 0.29) is 46.4 Å². The number of nitro benzene ring substituents is 2. The molecule has 0 saturated carbocycles. The molecule has 0 unspecified atom stereocenters. The number of ketones is 1. The second-order valence-electron chi connectivity index (χ2n) is 7.78. The number of non-ortho nitro benzene ring substituents is 1. The van der Waals surface area contributed by atoms with Crippen LogP contribution in [-0.2, 0) is 0 Å². The number of aromatic nitrogens is 1. The maximum absolute atomic E-state index is 13.3. The highest BCUT2D eigenvalue weighted by atomic mass is 16.7. The van der Waals surface area contributed by atoms with Crippen molar-refractivity contribution in [2.75, 3.05) is 6.79 Å². The van der Waals surface area contributed by atoms with Gasteiger partial charge in [0.25, 0.3) is 16.9 Å². The number of carbonyl (C=O) groups is 1. The number of fused-ring (bicyclic) bond motifs is 2. The topological polar surface area (TPSA) is 155 Å². The number of benzene rings is 3. The lowest BCUT2D eigenvalue weighted by molar-refractivity contribution is -0.385. The van der Waals surface area contributed by atoms with Gasteiger partial charge in [-0.1, -0.05) is 30.3 Å². The van der Waals surface area contributed by atoms with Crippen LogP contribution in [0.2, 0.25) is 0 Å². The van der Waals surface area contributed by atoms with E-state index in [1.807, 2.05) is 0 Å². The van der Waals surface area contributed by atoms with Gasteiger partial charge in [-0.15, -0.1) is 0 Å². The molecular weight excluding hydrogens is 470 g/mol. The molecule has 3 aromatic carbocycles. The van der Waals surface area contributed by atoms with Crippen molar-refractivity contribution in [2.24, 2.45) is 0 Å². The zero-order valence-corrected chi connectivity index (χ0v) is 18.3. The number of allylic oxidation sites excluding steroid dienone is 1. The van der Waals surface area contributed by atoms with E-state index in [1.54, 1.807) is 30.3 Å². The SMILES string of the molecule is O=C(/C=C/c1cc2c(cc1[N+](=O)[O-])OCO2)c1c(-c2ccccc2)c2cc([N+](=O)[O-])ccc2[nH]c1=O. The van der Waals surface area contributed by atoms with E-state index >= 15 is 0 Å². The van der Waals surface area contributed by atoms with Crippen molar-refractivity contribution in [2.45, 2.75) is 0 Å². The van der Waals surface area contributed by atoms with Crippen LogP contribution in [0.25, 0.3) is 28.1 Å². The third-order valence-electron chi connectivity index (χ3n) is 5.65.